The van der Waals surface area contributed by atoms with Crippen molar-refractivity contribution in [1.29, 1.82) is 0 Å². The van der Waals surface area contributed by atoms with E-state index in [9.17, 15) is 9.59 Å². The van der Waals surface area contributed by atoms with Gasteiger partial charge in [-0.05, 0) is 23.8 Å². The number of thiophene rings is 1. The fourth-order valence-electron chi connectivity index (χ4n) is 3.08. The quantitative estimate of drug-likeness (QED) is 0.893. The molecule has 0 aliphatic carbocycles. The normalized spacial score (nSPS) is 21.3. The fourth-order valence-corrected chi connectivity index (χ4v) is 4.01. The monoisotopic (exact) mass is 346 g/mol. The molecule has 3 rings (SSSR count). The molecule has 7 heteroatoms. The second kappa shape index (κ2) is 6.76. The number of piperidine rings is 1. The minimum atomic E-state index is -0.273. The van der Waals surface area contributed by atoms with E-state index in [2.05, 4.69) is 29.4 Å². The second-order valence-electron chi connectivity index (χ2n) is 6.46. The van der Waals surface area contributed by atoms with Crippen LogP contribution in [0.25, 0.3) is 0 Å². The Bertz CT molecular complexity index is 723. The zero-order valence-corrected chi connectivity index (χ0v) is 14.9. The van der Waals surface area contributed by atoms with E-state index in [4.69, 9.17) is 0 Å². The van der Waals surface area contributed by atoms with Crippen LogP contribution in [0.3, 0.4) is 0 Å². The van der Waals surface area contributed by atoms with Crippen molar-refractivity contribution in [2.45, 2.75) is 38.6 Å². The van der Waals surface area contributed by atoms with E-state index >= 15 is 0 Å². The Morgan fingerprint density at radius 3 is 2.92 bits per heavy atom. The van der Waals surface area contributed by atoms with Gasteiger partial charge in [0.2, 0.25) is 11.8 Å². The Kier molecular flexibility index (Phi) is 4.71. The van der Waals surface area contributed by atoms with E-state index in [0.29, 0.717) is 24.6 Å². The molecule has 0 bridgehead atoms. The maximum Gasteiger partial charge on any atom is 0.231 e. The van der Waals surface area contributed by atoms with Crippen molar-refractivity contribution in [3.05, 3.63) is 34.2 Å². The first-order valence-electron chi connectivity index (χ1n) is 8.12. The highest BCUT2D eigenvalue weighted by Gasteiger charge is 2.39. The summed E-state index contributed by atoms with van der Waals surface area (Å²) in [7, 11) is 1.78. The van der Waals surface area contributed by atoms with Crippen LogP contribution in [0.4, 0.5) is 5.82 Å². The zero-order chi connectivity index (χ0) is 17.3. The predicted molar refractivity (Wildman–Crippen MR) is 93.9 cm³/mol. The summed E-state index contributed by atoms with van der Waals surface area (Å²) >= 11 is 1.58. The van der Waals surface area contributed by atoms with Gasteiger partial charge in [-0.15, -0.1) is 11.3 Å². The number of H-pyrrole nitrogens is 1. The Hall–Kier alpha value is -2.15. The molecule has 2 aromatic heterocycles. The number of anilines is 1. The Balaban J connectivity index is 1.79. The molecule has 24 heavy (non-hydrogen) atoms. The van der Waals surface area contributed by atoms with Crippen LogP contribution in [-0.4, -0.2) is 34.0 Å². The number of nitrogens with zero attached hydrogens (tertiary/aromatic N) is 2. The van der Waals surface area contributed by atoms with Crippen molar-refractivity contribution in [3.63, 3.8) is 0 Å². The van der Waals surface area contributed by atoms with Crippen molar-refractivity contribution < 1.29 is 9.59 Å². The molecule has 0 unspecified atom stereocenters. The molecule has 2 N–H and O–H groups in total. The average molecular weight is 346 g/mol. The Morgan fingerprint density at radius 1 is 1.50 bits per heavy atom. The highest BCUT2D eigenvalue weighted by atomic mass is 32.1. The van der Waals surface area contributed by atoms with E-state index in [1.807, 2.05) is 23.6 Å². The summed E-state index contributed by atoms with van der Waals surface area (Å²) in [5.74, 6) is 0.577. The standard InChI is InChI=1S/C17H22N4O2S/c1-10(2)12-9-14(20-19-12)18-17(23)11-6-7-15(22)21(3)16(11)13-5-4-8-24-13/h4-5,8-11,16H,6-7H2,1-3H3,(H2,18,19,20,23)/t11-,16+/m0/s1. The number of hydrogen-bond donors (Lipinski definition) is 2. The number of aromatic nitrogens is 2. The maximum atomic E-state index is 12.8. The summed E-state index contributed by atoms with van der Waals surface area (Å²) in [4.78, 5) is 27.6. The number of aromatic amines is 1. The molecule has 1 aliphatic rings. The number of likely N-dealkylation sites (tertiary alicyclic amines) is 1. The molecular weight excluding hydrogens is 324 g/mol. The number of amides is 2. The van der Waals surface area contributed by atoms with E-state index < -0.39 is 0 Å². The predicted octanol–water partition coefficient (Wildman–Crippen LogP) is 3.14. The van der Waals surface area contributed by atoms with E-state index in [1.54, 1.807) is 23.3 Å². The largest absolute Gasteiger partial charge is 0.337 e. The molecular formula is C17H22N4O2S. The van der Waals surface area contributed by atoms with Gasteiger partial charge in [0.15, 0.2) is 5.82 Å². The molecule has 1 fully saturated rings. The minimum absolute atomic E-state index is 0.0827. The molecule has 0 aromatic carbocycles. The van der Waals surface area contributed by atoms with Crippen LogP contribution >= 0.6 is 11.3 Å². The first kappa shape index (κ1) is 16.7. The maximum absolute atomic E-state index is 12.8. The van der Waals surface area contributed by atoms with Gasteiger partial charge in [-0.1, -0.05) is 19.9 Å². The van der Waals surface area contributed by atoms with Crippen LogP contribution in [-0.2, 0) is 9.59 Å². The smallest absolute Gasteiger partial charge is 0.231 e. The summed E-state index contributed by atoms with van der Waals surface area (Å²) < 4.78 is 0. The van der Waals surface area contributed by atoms with E-state index in [-0.39, 0.29) is 23.8 Å². The van der Waals surface area contributed by atoms with Crippen LogP contribution < -0.4 is 5.32 Å². The number of rotatable bonds is 4. The minimum Gasteiger partial charge on any atom is -0.337 e. The van der Waals surface area contributed by atoms with Crippen molar-refractivity contribution in [2.24, 2.45) is 5.92 Å². The van der Waals surface area contributed by atoms with Gasteiger partial charge in [0.05, 0.1) is 12.0 Å². The average Bonchev–Trinajstić information content (AvgIpc) is 3.21. The summed E-state index contributed by atoms with van der Waals surface area (Å²) in [5, 5.41) is 12.0. The van der Waals surface area contributed by atoms with E-state index in [1.165, 1.54) is 0 Å². The first-order valence-corrected chi connectivity index (χ1v) is 9.00. The van der Waals surface area contributed by atoms with Crippen molar-refractivity contribution in [1.82, 2.24) is 15.1 Å². The molecule has 1 aliphatic heterocycles. The lowest BCUT2D eigenvalue weighted by molar-refractivity contribution is -0.140. The summed E-state index contributed by atoms with van der Waals surface area (Å²) in [6.45, 7) is 4.13. The molecule has 3 heterocycles. The SMILES string of the molecule is CC(C)c1cc(NC(=O)[C@H]2CCC(=O)N(C)[C@H]2c2cccs2)n[nH]1. The summed E-state index contributed by atoms with van der Waals surface area (Å²) in [6, 6.07) is 5.58. The van der Waals surface area contributed by atoms with Crippen molar-refractivity contribution in [2.75, 3.05) is 12.4 Å². The number of carbonyl (C=O) groups is 2. The van der Waals surface area contributed by atoms with Gasteiger partial charge in [0.25, 0.3) is 0 Å². The van der Waals surface area contributed by atoms with Crippen LogP contribution in [0, 0.1) is 5.92 Å². The Labute approximate surface area is 145 Å². The van der Waals surface area contributed by atoms with Gasteiger partial charge >= 0.3 is 0 Å². The molecule has 128 valence electrons. The van der Waals surface area contributed by atoms with Crippen molar-refractivity contribution in [3.8, 4) is 0 Å². The van der Waals surface area contributed by atoms with Crippen LogP contribution in [0.1, 0.15) is 49.2 Å². The highest BCUT2D eigenvalue weighted by molar-refractivity contribution is 7.10. The van der Waals surface area contributed by atoms with Gasteiger partial charge in [-0.3, -0.25) is 14.7 Å². The third-order valence-electron chi connectivity index (χ3n) is 4.50. The number of carbonyl (C=O) groups excluding carboxylic acids is 2. The lowest BCUT2D eigenvalue weighted by Crippen LogP contribution is -2.44. The molecule has 2 amide bonds. The molecule has 6 nitrogen and oxygen atoms in total. The molecule has 2 atom stereocenters. The number of hydrogen-bond acceptors (Lipinski definition) is 4. The first-order chi connectivity index (χ1) is 11.5. The molecule has 0 spiro atoms. The third kappa shape index (κ3) is 3.21. The van der Waals surface area contributed by atoms with Gasteiger partial charge in [-0.25, -0.2) is 0 Å². The van der Waals surface area contributed by atoms with Gasteiger partial charge in [0, 0.05) is 30.1 Å². The van der Waals surface area contributed by atoms with Gasteiger partial charge < -0.3 is 10.2 Å². The Morgan fingerprint density at radius 2 is 2.29 bits per heavy atom. The molecule has 2 aromatic rings. The van der Waals surface area contributed by atoms with Crippen molar-refractivity contribution >= 4 is 29.0 Å². The molecule has 1 saturated heterocycles. The summed E-state index contributed by atoms with van der Waals surface area (Å²) in [6.07, 6.45) is 0.952. The third-order valence-corrected chi connectivity index (χ3v) is 5.45. The highest BCUT2D eigenvalue weighted by Crippen LogP contribution is 2.38. The van der Waals surface area contributed by atoms with Gasteiger partial charge in [-0.2, -0.15) is 5.10 Å². The van der Waals surface area contributed by atoms with Crippen LogP contribution in [0.15, 0.2) is 23.6 Å². The van der Waals surface area contributed by atoms with E-state index in [0.717, 1.165) is 10.6 Å². The summed E-state index contributed by atoms with van der Waals surface area (Å²) in [5.41, 5.74) is 0.982. The number of nitrogens with one attached hydrogen (secondary N) is 2. The molecule has 0 radical (unpaired) electrons. The lowest BCUT2D eigenvalue weighted by Gasteiger charge is -2.37. The van der Waals surface area contributed by atoms with Gasteiger partial charge in [0.1, 0.15) is 0 Å². The lowest BCUT2D eigenvalue weighted by atomic mass is 9.87. The van der Waals surface area contributed by atoms with Crippen LogP contribution in [0.2, 0.25) is 0 Å². The molecule has 0 saturated carbocycles. The van der Waals surface area contributed by atoms with Crippen LogP contribution in [0.5, 0.6) is 0 Å². The fraction of sp³-hybridized carbons (Fsp3) is 0.471. The topological polar surface area (TPSA) is 78.1 Å². The zero-order valence-electron chi connectivity index (χ0n) is 14.1. The second-order valence-corrected chi connectivity index (χ2v) is 7.44.